The molecule has 1 atom stereocenters. The zero-order valence-corrected chi connectivity index (χ0v) is 17.6. The summed E-state index contributed by atoms with van der Waals surface area (Å²) >= 11 is 9.22. The van der Waals surface area contributed by atoms with Gasteiger partial charge in [-0.15, -0.1) is 11.3 Å². The fourth-order valence-corrected chi connectivity index (χ4v) is 5.98. The van der Waals surface area contributed by atoms with Crippen LogP contribution in [-0.2, 0) is 4.74 Å². The van der Waals surface area contributed by atoms with E-state index in [1.807, 2.05) is 24.3 Å². The number of para-hydroxylation sites is 1. The van der Waals surface area contributed by atoms with E-state index in [1.54, 1.807) is 17.0 Å². The summed E-state index contributed by atoms with van der Waals surface area (Å²) in [5.74, 6) is -0.624. The monoisotopic (exact) mass is 446 g/mol. The Kier molecular flexibility index (Phi) is 4.99. The fraction of sp³-hybridized carbons (Fsp3) is 0.238. The van der Waals surface area contributed by atoms with E-state index in [4.69, 9.17) is 16.3 Å². The number of hydrogen-bond donors (Lipinski definition) is 0. The van der Waals surface area contributed by atoms with Crippen LogP contribution >= 0.6 is 34.3 Å². The number of thiophene rings is 1. The normalized spacial score (nSPS) is 16.7. The molecule has 1 fully saturated rings. The number of benzene rings is 2. The van der Waals surface area contributed by atoms with Gasteiger partial charge >= 0.3 is 0 Å². The number of aromatic nitrogens is 1. The molecule has 4 aromatic rings. The zero-order valence-electron chi connectivity index (χ0n) is 15.2. The molecule has 0 spiro atoms. The lowest BCUT2D eigenvalue weighted by Crippen LogP contribution is -2.37. The average Bonchev–Trinajstić information content (AvgIpc) is 3.45. The standard InChI is InChI=1S/C21H16ClFN2O2S2/c22-17-13-6-1-2-8-15(13)28-19(17)20(26)25(11-12-5-4-10-27-12)21-24-18-14(23)7-3-9-16(18)29-21/h1-3,6-9,12H,4-5,10-11H2. The van der Waals surface area contributed by atoms with Crippen LogP contribution in [0.3, 0.4) is 0 Å². The van der Waals surface area contributed by atoms with E-state index >= 15 is 0 Å². The Hall–Kier alpha value is -2.06. The molecule has 1 aliphatic heterocycles. The van der Waals surface area contributed by atoms with Gasteiger partial charge in [-0.05, 0) is 31.0 Å². The second kappa shape index (κ2) is 7.65. The number of hydrogen-bond acceptors (Lipinski definition) is 5. The van der Waals surface area contributed by atoms with Crippen LogP contribution in [0.15, 0.2) is 42.5 Å². The first kappa shape index (κ1) is 18.9. The molecule has 0 aliphatic carbocycles. The maximum absolute atomic E-state index is 14.2. The lowest BCUT2D eigenvalue weighted by atomic mass is 10.2. The molecule has 8 heteroatoms. The molecular formula is C21H16ClFN2O2S2. The summed E-state index contributed by atoms with van der Waals surface area (Å²) in [5, 5.41) is 1.76. The van der Waals surface area contributed by atoms with Crippen LogP contribution in [0.5, 0.6) is 0 Å². The Morgan fingerprint density at radius 2 is 2.03 bits per heavy atom. The molecular weight excluding hydrogens is 431 g/mol. The summed E-state index contributed by atoms with van der Waals surface area (Å²) in [4.78, 5) is 20.1. The number of anilines is 1. The molecule has 5 rings (SSSR count). The third-order valence-electron chi connectivity index (χ3n) is 4.97. The van der Waals surface area contributed by atoms with Crippen LogP contribution in [0, 0.1) is 5.82 Å². The van der Waals surface area contributed by atoms with E-state index in [9.17, 15) is 9.18 Å². The van der Waals surface area contributed by atoms with Gasteiger partial charge in [0.15, 0.2) is 5.13 Å². The number of nitrogens with zero attached hydrogens (tertiary/aromatic N) is 2. The molecule has 148 valence electrons. The van der Waals surface area contributed by atoms with Crippen molar-refractivity contribution in [2.24, 2.45) is 0 Å². The van der Waals surface area contributed by atoms with Gasteiger partial charge < -0.3 is 4.74 Å². The van der Waals surface area contributed by atoms with E-state index in [1.165, 1.54) is 28.7 Å². The second-order valence-corrected chi connectivity index (χ2v) is 9.31. The molecule has 0 N–H and O–H groups in total. The molecule has 2 aromatic carbocycles. The zero-order chi connectivity index (χ0) is 20.0. The highest BCUT2D eigenvalue weighted by atomic mass is 35.5. The molecule has 0 radical (unpaired) electrons. The largest absolute Gasteiger partial charge is 0.376 e. The van der Waals surface area contributed by atoms with Crippen LogP contribution in [0.4, 0.5) is 9.52 Å². The third-order valence-corrected chi connectivity index (χ3v) is 7.68. The van der Waals surface area contributed by atoms with Crippen molar-refractivity contribution >= 4 is 65.6 Å². The Bertz CT molecular complexity index is 1220. The summed E-state index contributed by atoms with van der Waals surface area (Å²) in [6, 6.07) is 12.5. The minimum atomic E-state index is -0.394. The van der Waals surface area contributed by atoms with Crippen molar-refractivity contribution in [3.8, 4) is 0 Å². The van der Waals surface area contributed by atoms with Crippen molar-refractivity contribution in [1.29, 1.82) is 0 Å². The van der Waals surface area contributed by atoms with Crippen molar-refractivity contribution in [1.82, 2.24) is 4.98 Å². The molecule has 1 unspecified atom stereocenters. The van der Waals surface area contributed by atoms with Gasteiger partial charge in [0, 0.05) is 16.7 Å². The summed E-state index contributed by atoms with van der Waals surface area (Å²) in [5.41, 5.74) is 0.278. The molecule has 1 aliphatic rings. The number of thiazole rings is 1. The van der Waals surface area contributed by atoms with Crippen LogP contribution in [0.25, 0.3) is 20.3 Å². The molecule has 29 heavy (non-hydrogen) atoms. The maximum Gasteiger partial charge on any atom is 0.271 e. The number of carbonyl (C=O) groups excluding carboxylic acids is 1. The van der Waals surface area contributed by atoms with E-state index in [0.29, 0.717) is 32.9 Å². The first-order valence-corrected chi connectivity index (χ1v) is 11.3. The first-order valence-electron chi connectivity index (χ1n) is 9.27. The highest BCUT2D eigenvalue weighted by molar-refractivity contribution is 7.23. The van der Waals surface area contributed by atoms with Crippen LogP contribution in [0.2, 0.25) is 5.02 Å². The highest BCUT2D eigenvalue weighted by Gasteiger charge is 2.30. The summed E-state index contributed by atoms with van der Waals surface area (Å²) < 4.78 is 21.6. The van der Waals surface area contributed by atoms with Crippen molar-refractivity contribution in [2.75, 3.05) is 18.1 Å². The van der Waals surface area contributed by atoms with E-state index < -0.39 is 5.82 Å². The average molecular weight is 447 g/mol. The van der Waals surface area contributed by atoms with Gasteiger partial charge in [0.1, 0.15) is 16.2 Å². The quantitative estimate of drug-likeness (QED) is 0.378. The summed E-state index contributed by atoms with van der Waals surface area (Å²) in [7, 11) is 0. The van der Waals surface area contributed by atoms with Crippen LogP contribution < -0.4 is 4.90 Å². The van der Waals surface area contributed by atoms with E-state index in [2.05, 4.69) is 4.98 Å². The van der Waals surface area contributed by atoms with Gasteiger partial charge in [-0.3, -0.25) is 9.69 Å². The van der Waals surface area contributed by atoms with Crippen molar-refractivity contribution in [3.63, 3.8) is 0 Å². The number of carbonyl (C=O) groups is 1. The van der Waals surface area contributed by atoms with Crippen molar-refractivity contribution in [2.45, 2.75) is 18.9 Å². The van der Waals surface area contributed by atoms with Gasteiger partial charge in [-0.2, -0.15) is 0 Å². The van der Waals surface area contributed by atoms with Gasteiger partial charge in [0.2, 0.25) is 0 Å². The number of halogens is 2. The predicted molar refractivity (Wildman–Crippen MR) is 117 cm³/mol. The van der Waals surface area contributed by atoms with Crippen molar-refractivity contribution in [3.05, 3.63) is 58.2 Å². The summed E-state index contributed by atoms with van der Waals surface area (Å²) in [6.45, 7) is 1.05. The van der Waals surface area contributed by atoms with E-state index in [-0.39, 0.29) is 17.5 Å². The molecule has 1 amide bonds. The van der Waals surface area contributed by atoms with Crippen LogP contribution in [0.1, 0.15) is 22.5 Å². The number of ether oxygens (including phenoxy) is 1. The highest BCUT2D eigenvalue weighted by Crippen LogP contribution is 2.38. The Labute approximate surface area is 179 Å². The van der Waals surface area contributed by atoms with Gasteiger partial charge in [0.05, 0.1) is 22.4 Å². The van der Waals surface area contributed by atoms with Gasteiger partial charge in [-0.25, -0.2) is 9.37 Å². The predicted octanol–water partition coefficient (Wildman–Crippen LogP) is 6.13. The minimum absolute atomic E-state index is 0.0658. The Morgan fingerprint density at radius 3 is 2.79 bits per heavy atom. The molecule has 0 saturated carbocycles. The number of amides is 1. The summed E-state index contributed by atoms with van der Waals surface area (Å²) in [6.07, 6.45) is 1.78. The topological polar surface area (TPSA) is 42.4 Å². The molecule has 1 saturated heterocycles. The maximum atomic E-state index is 14.2. The van der Waals surface area contributed by atoms with Crippen molar-refractivity contribution < 1.29 is 13.9 Å². The smallest absolute Gasteiger partial charge is 0.271 e. The Balaban J connectivity index is 1.59. The SMILES string of the molecule is O=C(c1sc2ccccc2c1Cl)N(CC1CCCO1)c1nc2c(F)cccc2s1. The lowest BCUT2D eigenvalue weighted by Gasteiger charge is -2.22. The number of rotatable bonds is 4. The van der Waals surface area contributed by atoms with Gasteiger partial charge in [-0.1, -0.05) is 47.2 Å². The second-order valence-electron chi connectivity index (χ2n) is 6.88. The van der Waals surface area contributed by atoms with Gasteiger partial charge in [0.25, 0.3) is 5.91 Å². The molecule has 0 bridgehead atoms. The third kappa shape index (κ3) is 3.42. The van der Waals surface area contributed by atoms with Crippen LogP contribution in [-0.4, -0.2) is 30.1 Å². The molecule has 3 heterocycles. The fourth-order valence-electron chi connectivity index (χ4n) is 3.53. The number of fused-ring (bicyclic) bond motifs is 2. The van der Waals surface area contributed by atoms with E-state index in [0.717, 1.165) is 22.9 Å². The Morgan fingerprint density at radius 1 is 1.21 bits per heavy atom. The molecule has 4 nitrogen and oxygen atoms in total. The lowest BCUT2D eigenvalue weighted by molar-refractivity contribution is 0.0921. The first-order chi connectivity index (χ1) is 14.1. The minimum Gasteiger partial charge on any atom is -0.376 e. The molecule has 2 aromatic heterocycles.